The van der Waals surface area contributed by atoms with E-state index in [1.165, 1.54) is 0 Å². The number of carbonyl (C=O) groups is 2. The summed E-state index contributed by atoms with van der Waals surface area (Å²) < 4.78 is 0. The van der Waals surface area contributed by atoms with Gasteiger partial charge in [0.05, 0.1) is 0 Å². The molecule has 0 rings (SSSR count). The van der Waals surface area contributed by atoms with Crippen molar-refractivity contribution in [2.24, 2.45) is 0 Å². The molecule has 0 saturated carbocycles. The lowest BCUT2D eigenvalue weighted by Crippen LogP contribution is -1.79. The predicted octanol–water partition coefficient (Wildman–Crippen LogP) is 0.455. The lowest BCUT2D eigenvalue weighted by molar-refractivity contribution is -0.108. The van der Waals surface area contributed by atoms with Gasteiger partial charge in [0.1, 0.15) is 0 Å². The van der Waals surface area contributed by atoms with Gasteiger partial charge in [-0.15, -0.1) is 25.3 Å². The molecule has 4 heteroatoms. The highest BCUT2D eigenvalue weighted by Gasteiger charge is 1.84. The van der Waals surface area contributed by atoms with Gasteiger partial charge in [-0.3, -0.25) is 9.59 Å². The molecule has 0 N–H and O–H groups in total. The van der Waals surface area contributed by atoms with Crippen LogP contribution in [0.2, 0.25) is 0 Å². The van der Waals surface area contributed by atoms with Gasteiger partial charge in [-0.05, 0) is 12.2 Å². The van der Waals surface area contributed by atoms with Crippen LogP contribution < -0.4 is 0 Å². The molecule has 0 fully saturated rings. The monoisotopic (exact) mass is 148 g/mol. The Balaban J connectivity index is 3.67. The second-order valence-electron chi connectivity index (χ2n) is 1.01. The largest absolute Gasteiger partial charge is 0.283 e. The zero-order valence-electron chi connectivity index (χ0n) is 3.87. The van der Waals surface area contributed by atoms with Gasteiger partial charge < -0.3 is 0 Å². The summed E-state index contributed by atoms with van der Waals surface area (Å²) >= 11 is 6.72. The van der Waals surface area contributed by atoms with Gasteiger partial charge in [-0.2, -0.15) is 0 Å². The van der Waals surface area contributed by atoms with Gasteiger partial charge in [0.2, 0.25) is 10.2 Å². The van der Waals surface area contributed by atoms with Crippen LogP contribution in [0.4, 0.5) is 0 Å². The first-order valence-corrected chi connectivity index (χ1v) is 2.66. The Bertz CT molecular complexity index is 123. The highest BCUT2D eigenvalue weighted by molar-refractivity contribution is 7.97. The summed E-state index contributed by atoms with van der Waals surface area (Å²) in [4.78, 5) is 19.9. The molecule has 0 heterocycles. The maximum absolute atomic E-state index is 9.94. The Hall–Kier alpha value is -0.220. The zero-order chi connectivity index (χ0) is 6.57. The summed E-state index contributed by atoms with van der Waals surface area (Å²) in [5.74, 6) is 0. The molecule has 0 aromatic rings. The molecule has 2 nitrogen and oxygen atoms in total. The third kappa shape index (κ3) is 5.78. The van der Waals surface area contributed by atoms with Crippen LogP contribution in [-0.2, 0) is 9.59 Å². The van der Waals surface area contributed by atoms with E-state index < -0.39 is 10.2 Å². The van der Waals surface area contributed by atoms with Gasteiger partial charge in [0, 0.05) is 0 Å². The third-order valence-electron chi connectivity index (χ3n) is 0.368. The van der Waals surface area contributed by atoms with Crippen molar-refractivity contribution in [3.63, 3.8) is 0 Å². The van der Waals surface area contributed by atoms with E-state index >= 15 is 0 Å². The summed E-state index contributed by atoms with van der Waals surface area (Å²) in [6.45, 7) is 0. The maximum atomic E-state index is 9.94. The second kappa shape index (κ2) is 3.74. The van der Waals surface area contributed by atoms with E-state index in [4.69, 9.17) is 0 Å². The number of rotatable bonds is 2. The fraction of sp³-hybridized carbons (Fsp3) is 0. The first-order valence-electron chi connectivity index (χ1n) is 1.77. The van der Waals surface area contributed by atoms with Gasteiger partial charge in [0.25, 0.3) is 0 Å². The van der Waals surface area contributed by atoms with E-state index in [1.807, 2.05) is 0 Å². The average Bonchev–Trinajstić information content (AvgIpc) is 1.61. The first-order chi connectivity index (χ1) is 3.63. The molecule has 0 aromatic heterocycles. The highest BCUT2D eigenvalue weighted by atomic mass is 32.1. The van der Waals surface area contributed by atoms with Crippen LogP contribution in [0.15, 0.2) is 12.2 Å². The molecule has 0 radical (unpaired) electrons. The molecule has 0 aliphatic rings. The Morgan fingerprint density at radius 1 is 1.00 bits per heavy atom. The Kier molecular flexibility index (Phi) is 3.64. The number of carbonyl (C=O) groups excluding carboxylic acids is 2. The predicted molar refractivity (Wildman–Crippen MR) is 37.1 cm³/mol. The van der Waals surface area contributed by atoms with Crippen molar-refractivity contribution in [2.45, 2.75) is 0 Å². The van der Waals surface area contributed by atoms with Gasteiger partial charge in [0.15, 0.2) is 0 Å². The molecule has 8 heavy (non-hydrogen) atoms. The Labute approximate surface area is 57.8 Å². The fourth-order valence-electron chi connectivity index (χ4n) is 0.143. The van der Waals surface area contributed by atoms with Gasteiger partial charge in [-0.1, -0.05) is 0 Å². The molecule has 0 bridgehead atoms. The molecule has 0 aliphatic heterocycles. The van der Waals surface area contributed by atoms with E-state index in [9.17, 15) is 9.59 Å². The Morgan fingerprint density at radius 3 is 1.38 bits per heavy atom. The van der Waals surface area contributed by atoms with Crippen LogP contribution in [0.1, 0.15) is 0 Å². The molecule has 0 saturated heterocycles. The van der Waals surface area contributed by atoms with Crippen LogP contribution >= 0.6 is 25.3 Å². The van der Waals surface area contributed by atoms with Crippen molar-refractivity contribution >= 4 is 35.5 Å². The zero-order valence-corrected chi connectivity index (χ0v) is 5.65. The fourth-order valence-corrected chi connectivity index (χ4v) is 0.292. The summed E-state index contributed by atoms with van der Waals surface area (Å²) in [5, 5.41) is -0.903. The average molecular weight is 148 g/mol. The van der Waals surface area contributed by atoms with Gasteiger partial charge in [-0.25, -0.2) is 0 Å². The number of hydrogen-bond donors (Lipinski definition) is 2. The van der Waals surface area contributed by atoms with Crippen LogP contribution in [0.25, 0.3) is 0 Å². The smallest absolute Gasteiger partial charge is 0.209 e. The molecule has 0 aliphatic carbocycles. The topological polar surface area (TPSA) is 34.1 Å². The van der Waals surface area contributed by atoms with E-state index in [0.29, 0.717) is 0 Å². The minimum Gasteiger partial charge on any atom is -0.283 e. The summed E-state index contributed by atoms with van der Waals surface area (Å²) in [6, 6.07) is 0. The molecule has 0 spiro atoms. The molecule has 0 unspecified atom stereocenters. The first kappa shape index (κ1) is 7.78. The minimum absolute atomic E-state index is 0.451. The highest BCUT2D eigenvalue weighted by Crippen LogP contribution is 1.84. The normalized spacial score (nSPS) is 9.75. The summed E-state index contributed by atoms with van der Waals surface area (Å²) in [7, 11) is 0. The molecule has 0 atom stereocenters. The van der Waals surface area contributed by atoms with Crippen molar-refractivity contribution in [1.82, 2.24) is 0 Å². The molecular formula is C4H4O2S2. The van der Waals surface area contributed by atoms with Crippen molar-refractivity contribution < 1.29 is 9.59 Å². The van der Waals surface area contributed by atoms with Crippen LogP contribution in [0.5, 0.6) is 0 Å². The molecule has 0 amide bonds. The summed E-state index contributed by atoms with van der Waals surface area (Å²) in [6.07, 6.45) is 2.08. The van der Waals surface area contributed by atoms with Crippen molar-refractivity contribution in [1.29, 1.82) is 0 Å². The SMILES string of the molecule is O=C(S)/C=C/C(=O)S. The third-order valence-corrected chi connectivity index (χ3v) is 0.667. The van der Waals surface area contributed by atoms with E-state index in [0.717, 1.165) is 12.2 Å². The van der Waals surface area contributed by atoms with Crippen LogP contribution in [0.3, 0.4) is 0 Å². The van der Waals surface area contributed by atoms with Crippen molar-refractivity contribution in [2.75, 3.05) is 0 Å². The van der Waals surface area contributed by atoms with Gasteiger partial charge >= 0.3 is 0 Å². The molecule has 44 valence electrons. The van der Waals surface area contributed by atoms with E-state index in [-0.39, 0.29) is 0 Å². The van der Waals surface area contributed by atoms with Crippen LogP contribution in [0, 0.1) is 0 Å². The van der Waals surface area contributed by atoms with E-state index in [2.05, 4.69) is 25.3 Å². The van der Waals surface area contributed by atoms with Crippen molar-refractivity contribution in [3.05, 3.63) is 12.2 Å². The number of hydrogen-bond acceptors (Lipinski definition) is 2. The second-order valence-corrected chi connectivity index (χ2v) is 1.89. The maximum Gasteiger partial charge on any atom is 0.209 e. The van der Waals surface area contributed by atoms with Crippen LogP contribution in [-0.4, -0.2) is 10.2 Å². The Morgan fingerprint density at radius 2 is 1.25 bits per heavy atom. The van der Waals surface area contributed by atoms with E-state index in [1.54, 1.807) is 0 Å². The van der Waals surface area contributed by atoms with Crippen molar-refractivity contribution in [3.8, 4) is 0 Å². The minimum atomic E-state index is -0.451. The quantitative estimate of drug-likeness (QED) is 0.440. The molecule has 0 aromatic carbocycles. The number of thiol groups is 2. The summed E-state index contributed by atoms with van der Waals surface area (Å²) in [5.41, 5.74) is 0. The lowest BCUT2D eigenvalue weighted by Gasteiger charge is -1.73. The molecular weight excluding hydrogens is 144 g/mol. The standard InChI is InChI=1S/C4H4O2S2/c5-3(7)1-2-4(6)8/h1-2H,(H,5,7)(H,6,8)/b2-1+. The lowest BCUT2D eigenvalue weighted by atomic mass is 10.5.